The Balaban J connectivity index is 1.26. The summed E-state index contributed by atoms with van der Waals surface area (Å²) < 4.78 is 6.98. The largest absolute Gasteiger partial charge is 0.379 e. The Morgan fingerprint density at radius 2 is 1.85 bits per heavy atom. The lowest BCUT2D eigenvalue weighted by Crippen LogP contribution is -2.47. The highest BCUT2D eigenvalue weighted by molar-refractivity contribution is 5.56. The van der Waals surface area contributed by atoms with Crippen LogP contribution in [0.2, 0.25) is 0 Å². The number of ether oxygens (including phenoxy) is 1. The van der Waals surface area contributed by atoms with Crippen LogP contribution in [0.25, 0.3) is 5.82 Å². The molecular weight excluding hydrogens is 416 g/mol. The lowest BCUT2D eigenvalue weighted by molar-refractivity contribution is 0.00507. The molecule has 5 rings (SSSR count). The summed E-state index contributed by atoms with van der Waals surface area (Å²) in [5.41, 5.74) is 7.50. The van der Waals surface area contributed by atoms with E-state index in [1.165, 1.54) is 4.68 Å². The van der Waals surface area contributed by atoms with Crippen LogP contribution in [0.5, 0.6) is 0 Å². The van der Waals surface area contributed by atoms with E-state index in [0.717, 1.165) is 63.2 Å². The molecule has 0 atom stereocenters. The summed E-state index contributed by atoms with van der Waals surface area (Å²) >= 11 is 0. The van der Waals surface area contributed by atoms with Crippen molar-refractivity contribution < 1.29 is 4.74 Å². The highest BCUT2D eigenvalue weighted by Crippen LogP contribution is 2.41. The van der Waals surface area contributed by atoms with Crippen LogP contribution in [0.15, 0.2) is 48.7 Å². The first-order valence-electron chi connectivity index (χ1n) is 11.4. The number of rotatable bonds is 5. The number of anilines is 3. The van der Waals surface area contributed by atoms with Gasteiger partial charge in [-0.25, -0.2) is 4.98 Å². The van der Waals surface area contributed by atoms with Gasteiger partial charge in [0.25, 0.3) is 0 Å². The van der Waals surface area contributed by atoms with Gasteiger partial charge in [0, 0.05) is 31.0 Å². The molecule has 170 valence electrons. The molecule has 0 amide bonds. The van der Waals surface area contributed by atoms with Crippen molar-refractivity contribution in [2.75, 3.05) is 37.4 Å². The summed E-state index contributed by atoms with van der Waals surface area (Å²) in [6.07, 6.45) is 5.53. The third kappa shape index (κ3) is 4.40. The highest BCUT2D eigenvalue weighted by Gasteiger charge is 2.38. The number of nitrogens with two attached hydrogens (primary N) is 1. The highest BCUT2D eigenvalue weighted by atomic mass is 16.5. The van der Waals surface area contributed by atoms with Gasteiger partial charge >= 0.3 is 0 Å². The van der Waals surface area contributed by atoms with E-state index in [1.807, 2.05) is 42.5 Å². The Hall–Kier alpha value is -3.48. The molecule has 0 unspecified atom stereocenters. The van der Waals surface area contributed by atoms with Gasteiger partial charge in [0.1, 0.15) is 0 Å². The number of nitrogens with zero attached hydrogens (tertiary/aromatic N) is 6. The maximum atomic E-state index is 10.1. The fourth-order valence-corrected chi connectivity index (χ4v) is 4.89. The van der Waals surface area contributed by atoms with Crippen molar-refractivity contribution in [1.82, 2.24) is 24.6 Å². The Morgan fingerprint density at radius 3 is 2.52 bits per heavy atom. The molecule has 3 aromatic rings. The molecule has 0 bridgehead atoms. The van der Waals surface area contributed by atoms with E-state index in [2.05, 4.69) is 31.4 Å². The van der Waals surface area contributed by atoms with Gasteiger partial charge in [0.2, 0.25) is 11.9 Å². The van der Waals surface area contributed by atoms with Gasteiger partial charge in [-0.1, -0.05) is 18.2 Å². The molecule has 3 N–H and O–H groups in total. The number of morpholine rings is 1. The molecule has 1 saturated heterocycles. The molecule has 2 aliphatic rings. The average Bonchev–Trinajstić information content (AvgIpc) is 3.25. The minimum Gasteiger partial charge on any atom is -0.379 e. The zero-order valence-electron chi connectivity index (χ0n) is 18.5. The Kier molecular flexibility index (Phi) is 5.94. The summed E-state index contributed by atoms with van der Waals surface area (Å²) in [6, 6.07) is 16.7. The van der Waals surface area contributed by atoms with Gasteiger partial charge in [0.15, 0.2) is 5.82 Å². The number of benzene rings is 1. The maximum Gasteiger partial charge on any atom is 0.248 e. The molecule has 2 aromatic heterocycles. The molecule has 33 heavy (non-hydrogen) atoms. The number of pyridine rings is 1. The van der Waals surface area contributed by atoms with Gasteiger partial charge in [0.05, 0.1) is 24.7 Å². The van der Waals surface area contributed by atoms with Crippen LogP contribution in [0.1, 0.15) is 31.2 Å². The van der Waals surface area contributed by atoms with Crippen molar-refractivity contribution in [2.24, 2.45) is 0 Å². The summed E-state index contributed by atoms with van der Waals surface area (Å²) in [7, 11) is 0. The van der Waals surface area contributed by atoms with Crippen LogP contribution in [0.4, 0.5) is 17.6 Å². The number of nitrogens with one attached hydrogen (secondary N) is 1. The molecule has 0 radical (unpaired) electrons. The normalized spacial score (nSPS) is 23.7. The first kappa shape index (κ1) is 21.4. The minimum absolute atomic E-state index is 0.258. The summed E-state index contributed by atoms with van der Waals surface area (Å²) in [5, 5.41) is 17.7. The summed E-state index contributed by atoms with van der Waals surface area (Å²) in [4.78, 5) is 11.1. The van der Waals surface area contributed by atoms with Gasteiger partial charge in [-0.15, -0.1) is 5.10 Å². The molecule has 1 saturated carbocycles. The molecule has 0 spiro atoms. The van der Waals surface area contributed by atoms with Crippen molar-refractivity contribution in [3.63, 3.8) is 0 Å². The lowest BCUT2D eigenvalue weighted by atomic mass is 9.69. The van der Waals surface area contributed by atoms with Crippen LogP contribution in [-0.4, -0.2) is 57.0 Å². The van der Waals surface area contributed by atoms with Crippen LogP contribution >= 0.6 is 0 Å². The van der Waals surface area contributed by atoms with Crippen molar-refractivity contribution >= 4 is 17.6 Å². The second-order valence-electron chi connectivity index (χ2n) is 8.67. The molecule has 1 aliphatic heterocycles. The van der Waals surface area contributed by atoms with Crippen molar-refractivity contribution in [2.45, 2.75) is 37.1 Å². The van der Waals surface area contributed by atoms with Crippen LogP contribution in [0.3, 0.4) is 0 Å². The SMILES string of the molecule is N#C[C@]1(c2ccc(Nc3nc(N)n(-c4ccccn4)n3)cc2)CC[C@H](N2CCOCC2)CC1. The molecule has 9 heteroatoms. The minimum atomic E-state index is -0.426. The monoisotopic (exact) mass is 444 g/mol. The predicted octanol–water partition coefficient (Wildman–Crippen LogP) is 3.02. The maximum absolute atomic E-state index is 10.1. The van der Waals surface area contributed by atoms with E-state index in [9.17, 15) is 5.26 Å². The second-order valence-corrected chi connectivity index (χ2v) is 8.67. The standard InChI is InChI=1S/C24H28N8O/c25-17-24(10-8-20(9-11-24)31-13-15-33-16-14-31)18-4-6-19(7-5-18)28-23-29-22(26)32(30-23)21-3-1-2-12-27-21/h1-7,12,20H,8-11,13-16H2,(H3,26,28,29,30)/t20-,24-. The van der Waals surface area contributed by atoms with Crippen LogP contribution in [0, 0.1) is 11.3 Å². The Bertz CT molecular complexity index is 1110. The number of nitriles is 1. The number of nitrogen functional groups attached to an aromatic ring is 1. The predicted molar refractivity (Wildman–Crippen MR) is 125 cm³/mol. The molecule has 1 aromatic carbocycles. The molecule has 9 nitrogen and oxygen atoms in total. The van der Waals surface area contributed by atoms with Crippen molar-refractivity contribution in [3.05, 3.63) is 54.2 Å². The van der Waals surface area contributed by atoms with Gasteiger partial charge in [-0.2, -0.15) is 14.9 Å². The molecule has 2 fully saturated rings. The number of aromatic nitrogens is 4. The fourth-order valence-electron chi connectivity index (χ4n) is 4.89. The van der Waals surface area contributed by atoms with Gasteiger partial charge in [-0.3, -0.25) is 4.90 Å². The number of hydrogen-bond acceptors (Lipinski definition) is 8. The van der Waals surface area contributed by atoms with Gasteiger partial charge in [-0.05, 0) is 55.5 Å². The van der Waals surface area contributed by atoms with Gasteiger partial charge < -0.3 is 15.8 Å². The van der Waals surface area contributed by atoms with E-state index in [1.54, 1.807) is 6.20 Å². The van der Waals surface area contributed by atoms with E-state index in [4.69, 9.17) is 10.5 Å². The first-order chi connectivity index (χ1) is 16.2. The molecular formula is C24H28N8O. The van der Waals surface area contributed by atoms with Crippen molar-refractivity contribution in [1.29, 1.82) is 5.26 Å². The topological polar surface area (TPSA) is 118 Å². The zero-order chi connectivity index (χ0) is 22.7. The lowest BCUT2D eigenvalue weighted by Gasteiger charge is -2.41. The van der Waals surface area contributed by atoms with E-state index < -0.39 is 5.41 Å². The quantitative estimate of drug-likeness (QED) is 0.617. The number of hydrogen-bond donors (Lipinski definition) is 2. The zero-order valence-corrected chi connectivity index (χ0v) is 18.5. The van der Waals surface area contributed by atoms with Crippen molar-refractivity contribution in [3.8, 4) is 11.9 Å². The Labute approximate surface area is 193 Å². The third-order valence-corrected chi connectivity index (χ3v) is 6.78. The van der Waals surface area contributed by atoms with E-state index in [-0.39, 0.29) is 5.95 Å². The van der Waals surface area contributed by atoms with Crippen LogP contribution < -0.4 is 11.1 Å². The first-order valence-corrected chi connectivity index (χ1v) is 11.4. The summed E-state index contributed by atoms with van der Waals surface area (Å²) in [5.74, 6) is 1.26. The summed E-state index contributed by atoms with van der Waals surface area (Å²) in [6.45, 7) is 3.63. The molecule has 1 aliphatic carbocycles. The third-order valence-electron chi connectivity index (χ3n) is 6.78. The molecule has 3 heterocycles. The Morgan fingerprint density at radius 1 is 1.09 bits per heavy atom. The van der Waals surface area contributed by atoms with E-state index in [0.29, 0.717) is 17.8 Å². The average molecular weight is 445 g/mol. The smallest absolute Gasteiger partial charge is 0.248 e. The van der Waals surface area contributed by atoms with Crippen LogP contribution in [-0.2, 0) is 10.2 Å². The van der Waals surface area contributed by atoms with E-state index >= 15 is 0 Å². The second kappa shape index (κ2) is 9.17. The fraction of sp³-hybridized carbons (Fsp3) is 0.417.